The van der Waals surface area contributed by atoms with Gasteiger partial charge in [-0.3, -0.25) is 9.52 Å². The molecule has 0 spiro atoms. The van der Waals surface area contributed by atoms with Crippen LogP contribution in [-0.2, 0) is 35.1 Å². The summed E-state index contributed by atoms with van der Waals surface area (Å²) in [7, 11) is -6.31. The number of nitrogens with zero attached hydrogens (tertiary/aromatic N) is 1. The minimum absolute atomic E-state index is 0.271. The molecule has 2 aromatic carbocycles. The van der Waals surface area contributed by atoms with Gasteiger partial charge in [0.1, 0.15) is 11.8 Å². The van der Waals surface area contributed by atoms with Gasteiger partial charge in [-0.05, 0) is 49.2 Å². The maximum absolute atomic E-state index is 13.6. The van der Waals surface area contributed by atoms with E-state index in [4.69, 9.17) is 15.2 Å². The summed E-state index contributed by atoms with van der Waals surface area (Å²) in [5.41, 5.74) is 6.47. The van der Waals surface area contributed by atoms with Crippen LogP contribution in [0.5, 0.6) is 5.75 Å². The zero-order valence-corrected chi connectivity index (χ0v) is 25.9. The fraction of sp³-hybridized carbons (Fsp3) is 0.500. The lowest BCUT2D eigenvalue weighted by molar-refractivity contribution is -0.123. The van der Waals surface area contributed by atoms with E-state index in [-0.39, 0.29) is 25.3 Å². The molecule has 3 amide bonds. The number of hydrogen-bond donors (Lipinski definition) is 4. The molecule has 238 valence electrons. The molecule has 1 aliphatic rings. The molecule has 0 radical (unpaired) electrons. The molecule has 0 saturated carbocycles. The van der Waals surface area contributed by atoms with Crippen LogP contribution in [-0.4, -0.2) is 97.2 Å². The zero-order chi connectivity index (χ0) is 31.3. The molecule has 1 unspecified atom stereocenters. The third-order valence-corrected chi connectivity index (χ3v) is 9.70. The predicted octanol–water partition coefficient (Wildman–Crippen LogP) is 1.08. The van der Waals surface area contributed by atoms with Crippen molar-refractivity contribution in [3.05, 3.63) is 60.2 Å². The Morgan fingerprint density at radius 1 is 0.953 bits per heavy atom. The number of nitrogens with one attached hydrogen (secondary N) is 3. The SMILES string of the molecule is COc1ccc(NS(=O)(=O)CC(CCCCN)NC(=O)[C@@H](CS(=O)(=O)Cc2ccccc2)NC(=O)N2CCOCC2)cc1. The lowest BCUT2D eigenvalue weighted by Gasteiger charge is -2.29. The van der Waals surface area contributed by atoms with E-state index in [1.807, 2.05) is 0 Å². The first-order valence-electron chi connectivity index (χ1n) is 14.0. The summed E-state index contributed by atoms with van der Waals surface area (Å²) in [6, 6.07) is 11.9. The van der Waals surface area contributed by atoms with Crippen LogP contribution in [0.25, 0.3) is 0 Å². The second kappa shape index (κ2) is 16.4. The van der Waals surface area contributed by atoms with E-state index in [1.165, 1.54) is 12.0 Å². The number of hydrogen-bond acceptors (Lipinski definition) is 9. The van der Waals surface area contributed by atoms with Gasteiger partial charge in [-0.25, -0.2) is 21.6 Å². The number of methoxy groups -OCH3 is 1. The van der Waals surface area contributed by atoms with E-state index in [1.54, 1.807) is 54.6 Å². The first kappa shape index (κ1) is 34.1. The molecule has 1 heterocycles. The molecule has 1 saturated heterocycles. The molecular formula is C28H41N5O8S2. The van der Waals surface area contributed by atoms with Gasteiger partial charge < -0.3 is 30.7 Å². The second-order valence-electron chi connectivity index (χ2n) is 10.2. The van der Waals surface area contributed by atoms with Gasteiger partial charge >= 0.3 is 6.03 Å². The van der Waals surface area contributed by atoms with Gasteiger partial charge in [0.2, 0.25) is 15.9 Å². The summed E-state index contributed by atoms with van der Waals surface area (Å²) in [5.74, 6) is -1.71. The van der Waals surface area contributed by atoms with Crippen molar-refractivity contribution >= 4 is 37.5 Å². The Hall–Kier alpha value is -3.40. The summed E-state index contributed by atoms with van der Waals surface area (Å²) in [4.78, 5) is 28.0. The number of ether oxygens (including phenoxy) is 2. The summed E-state index contributed by atoms with van der Waals surface area (Å²) in [6.45, 7) is 1.59. The van der Waals surface area contributed by atoms with Crippen molar-refractivity contribution in [2.24, 2.45) is 5.73 Å². The predicted molar refractivity (Wildman–Crippen MR) is 164 cm³/mol. The Balaban J connectivity index is 1.77. The summed E-state index contributed by atoms with van der Waals surface area (Å²) in [5, 5.41) is 5.25. The van der Waals surface area contributed by atoms with Crippen molar-refractivity contribution in [2.45, 2.75) is 37.1 Å². The average molecular weight is 640 g/mol. The van der Waals surface area contributed by atoms with E-state index in [0.29, 0.717) is 49.6 Å². The molecule has 43 heavy (non-hydrogen) atoms. The standard InChI is InChI=1S/C28H41N5O8S2/c1-40-25-12-10-23(11-13-25)32-43(38,39)20-24(9-5-6-14-29)30-27(34)26(31-28(35)33-15-17-41-18-16-33)21-42(36,37)19-22-7-3-2-4-8-22/h2-4,7-8,10-13,24,26,32H,5-6,9,14-21,29H2,1H3,(H,30,34)(H,31,35)/t24?,26-/m1/s1. The minimum atomic E-state index is -3.94. The molecule has 1 fully saturated rings. The number of carbonyl (C=O) groups is 2. The molecule has 5 N–H and O–H groups in total. The number of rotatable bonds is 16. The number of benzene rings is 2. The first-order chi connectivity index (χ1) is 20.5. The Kier molecular flexibility index (Phi) is 13.0. The van der Waals surface area contributed by atoms with Gasteiger partial charge in [0, 0.05) is 24.8 Å². The van der Waals surface area contributed by atoms with Crippen molar-refractivity contribution in [3.63, 3.8) is 0 Å². The maximum Gasteiger partial charge on any atom is 0.318 e. The normalized spacial score (nSPS) is 15.3. The lowest BCUT2D eigenvalue weighted by Crippen LogP contribution is -2.57. The van der Waals surface area contributed by atoms with Crippen LogP contribution in [0.3, 0.4) is 0 Å². The number of carbonyl (C=O) groups excluding carboxylic acids is 2. The number of sulfonamides is 1. The molecule has 0 aliphatic carbocycles. The summed E-state index contributed by atoms with van der Waals surface area (Å²) >= 11 is 0. The number of unbranched alkanes of at least 4 members (excludes halogenated alkanes) is 1. The quantitative estimate of drug-likeness (QED) is 0.195. The van der Waals surface area contributed by atoms with E-state index >= 15 is 0 Å². The third-order valence-electron chi connectivity index (χ3n) is 6.70. The van der Waals surface area contributed by atoms with Gasteiger partial charge in [0.25, 0.3) is 0 Å². The number of morpholine rings is 1. The van der Waals surface area contributed by atoms with Crippen LogP contribution < -0.4 is 25.8 Å². The highest BCUT2D eigenvalue weighted by molar-refractivity contribution is 7.92. The highest BCUT2D eigenvalue weighted by Crippen LogP contribution is 2.17. The molecule has 13 nitrogen and oxygen atoms in total. The Morgan fingerprint density at radius 3 is 2.26 bits per heavy atom. The van der Waals surface area contributed by atoms with Crippen LogP contribution >= 0.6 is 0 Å². The van der Waals surface area contributed by atoms with Crippen LogP contribution in [0.15, 0.2) is 54.6 Å². The van der Waals surface area contributed by atoms with Crippen LogP contribution in [0, 0.1) is 0 Å². The maximum atomic E-state index is 13.6. The molecule has 0 bridgehead atoms. The van der Waals surface area contributed by atoms with Crippen LogP contribution in [0.2, 0.25) is 0 Å². The first-order valence-corrected chi connectivity index (χ1v) is 17.5. The Labute approximate surface area is 253 Å². The average Bonchev–Trinajstić information content (AvgIpc) is 2.97. The molecule has 2 atom stereocenters. The fourth-order valence-electron chi connectivity index (χ4n) is 4.51. The molecule has 1 aliphatic heterocycles. The molecular weight excluding hydrogens is 598 g/mol. The largest absolute Gasteiger partial charge is 0.497 e. The van der Waals surface area contributed by atoms with E-state index in [0.717, 1.165) is 0 Å². The number of anilines is 1. The molecule has 2 aromatic rings. The Bertz CT molecular complexity index is 1380. The number of urea groups is 1. The number of sulfone groups is 1. The van der Waals surface area contributed by atoms with Gasteiger partial charge in [0.15, 0.2) is 9.84 Å². The van der Waals surface area contributed by atoms with Crippen molar-refractivity contribution in [1.29, 1.82) is 0 Å². The topological polar surface area (TPSA) is 186 Å². The van der Waals surface area contributed by atoms with Crippen molar-refractivity contribution in [1.82, 2.24) is 15.5 Å². The summed E-state index contributed by atoms with van der Waals surface area (Å²) in [6.07, 6.45) is 1.39. The van der Waals surface area contributed by atoms with Gasteiger partial charge in [-0.2, -0.15) is 0 Å². The Morgan fingerprint density at radius 2 is 1.63 bits per heavy atom. The minimum Gasteiger partial charge on any atom is -0.497 e. The molecule has 3 rings (SSSR count). The number of amides is 3. The van der Waals surface area contributed by atoms with E-state index in [9.17, 15) is 26.4 Å². The smallest absolute Gasteiger partial charge is 0.318 e. The lowest BCUT2D eigenvalue weighted by atomic mass is 10.1. The van der Waals surface area contributed by atoms with Gasteiger partial charge in [-0.15, -0.1) is 0 Å². The highest BCUT2D eigenvalue weighted by atomic mass is 32.2. The third kappa shape index (κ3) is 12.0. The van der Waals surface area contributed by atoms with E-state index < -0.39 is 55.4 Å². The van der Waals surface area contributed by atoms with Crippen molar-refractivity contribution in [2.75, 3.05) is 56.2 Å². The van der Waals surface area contributed by atoms with Crippen LogP contribution in [0.1, 0.15) is 24.8 Å². The second-order valence-corrected chi connectivity index (χ2v) is 14.1. The molecule has 15 heteroatoms. The zero-order valence-electron chi connectivity index (χ0n) is 24.2. The van der Waals surface area contributed by atoms with Crippen molar-refractivity contribution in [3.8, 4) is 5.75 Å². The monoisotopic (exact) mass is 639 g/mol. The van der Waals surface area contributed by atoms with Crippen LogP contribution in [0.4, 0.5) is 10.5 Å². The van der Waals surface area contributed by atoms with E-state index in [2.05, 4.69) is 15.4 Å². The summed E-state index contributed by atoms with van der Waals surface area (Å²) < 4.78 is 65.3. The fourth-order valence-corrected chi connectivity index (χ4v) is 7.43. The highest BCUT2D eigenvalue weighted by Gasteiger charge is 2.32. The molecule has 0 aromatic heterocycles. The van der Waals surface area contributed by atoms with Gasteiger partial charge in [-0.1, -0.05) is 36.8 Å². The van der Waals surface area contributed by atoms with Crippen molar-refractivity contribution < 1.29 is 35.9 Å². The number of nitrogens with two attached hydrogens (primary N) is 1. The van der Waals surface area contributed by atoms with Gasteiger partial charge in [0.05, 0.1) is 37.6 Å².